The van der Waals surface area contributed by atoms with Gasteiger partial charge in [0.05, 0.1) is 19.3 Å². The molecular weight excluding hydrogens is 240 g/mol. The van der Waals surface area contributed by atoms with Gasteiger partial charge in [0.1, 0.15) is 11.5 Å². The Kier molecular flexibility index (Phi) is 4.70. The fourth-order valence-electron chi connectivity index (χ4n) is 2.62. The van der Waals surface area contributed by atoms with Crippen molar-refractivity contribution in [3.63, 3.8) is 0 Å². The van der Waals surface area contributed by atoms with Crippen LogP contribution in [-0.4, -0.2) is 18.3 Å². The van der Waals surface area contributed by atoms with Crippen LogP contribution < -0.4 is 9.47 Å². The van der Waals surface area contributed by atoms with Crippen molar-refractivity contribution in [2.75, 3.05) is 7.11 Å². The summed E-state index contributed by atoms with van der Waals surface area (Å²) in [5.41, 5.74) is 0.833. The van der Waals surface area contributed by atoms with Gasteiger partial charge in [0, 0.05) is 11.6 Å². The lowest BCUT2D eigenvalue weighted by Gasteiger charge is -2.28. The molecule has 1 saturated carbocycles. The van der Waals surface area contributed by atoms with Gasteiger partial charge in [-0.1, -0.05) is 6.92 Å². The first-order valence-electron chi connectivity index (χ1n) is 7.12. The predicted molar refractivity (Wildman–Crippen MR) is 75.7 cm³/mol. The first kappa shape index (κ1) is 14.2. The molecule has 1 aliphatic carbocycles. The van der Waals surface area contributed by atoms with Crippen LogP contribution in [0.4, 0.5) is 0 Å². The van der Waals surface area contributed by atoms with Crippen molar-refractivity contribution in [2.24, 2.45) is 5.92 Å². The van der Waals surface area contributed by atoms with Gasteiger partial charge in [-0.05, 0) is 50.7 Å². The Labute approximate surface area is 115 Å². The first-order valence-corrected chi connectivity index (χ1v) is 7.12. The maximum Gasteiger partial charge on any atom is 0.129 e. The Bertz CT molecular complexity index is 406. The minimum Gasteiger partial charge on any atom is -0.497 e. The van der Waals surface area contributed by atoms with E-state index in [2.05, 4.69) is 6.92 Å². The topological polar surface area (TPSA) is 38.7 Å². The predicted octanol–water partition coefficient (Wildman–Crippen LogP) is 3.71. The van der Waals surface area contributed by atoms with Crippen LogP contribution in [0.25, 0.3) is 0 Å². The molecule has 19 heavy (non-hydrogen) atoms. The van der Waals surface area contributed by atoms with Gasteiger partial charge in [-0.15, -0.1) is 0 Å². The van der Waals surface area contributed by atoms with Crippen LogP contribution in [0.15, 0.2) is 18.2 Å². The number of aliphatic hydroxyl groups excluding tert-OH is 1. The van der Waals surface area contributed by atoms with Crippen LogP contribution in [0, 0.1) is 5.92 Å². The van der Waals surface area contributed by atoms with Gasteiger partial charge in [0.2, 0.25) is 0 Å². The van der Waals surface area contributed by atoms with E-state index in [1.807, 2.05) is 18.2 Å². The summed E-state index contributed by atoms with van der Waals surface area (Å²) in [5.74, 6) is 2.33. The monoisotopic (exact) mass is 264 g/mol. The van der Waals surface area contributed by atoms with Crippen molar-refractivity contribution >= 4 is 0 Å². The second-order valence-electron chi connectivity index (χ2n) is 5.58. The molecule has 3 nitrogen and oxygen atoms in total. The molecule has 0 aliphatic heterocycles. The van der Waals surface area contributed by atoms with Crippen molar-refractivity contribution in [2.45, 2.75) is 51.7 Å². The third-order valence-corrected chi connectivity index (χ3v) is 3.93. The Morgan fingerprint density at radius 3 is 2.47 bits per heavy atom. The second-order valence-corrected chi connectivity index (χ2v) is 5.58. The lowest BCUT2D eigenvalue weighted by atomic mass is 9.89. The summed E-state index contributed by atoms with van der Waals surface area (Å²) in [4.78, 5) is 0. The number of hydrogen-bond donors (Lipinski definition) is 1. The molecule has 3 heteroatoms. The van der Waals surface area contributed by atoms with Gasteiger partial charge in [-0.3, -0.25) is 0 Å². The summed E-state index contributed by atoms with van der Waals surface area (Å²) in [6.07, 6.45) is 4.37. The summed E-state index contributed by atoms with van der Waals surface area (Å²) in [6.45, 7) is 4.06. The van der Waals surface area contributed by atoms with Crippen LogP contribution in [0.1, 0.15) is 51.2 Å². The summed E-state index contributed by atoms with van der Waals surface area (Å²) in [5, 5.41) is 9.82. The first-order chi connectivity index (χ1) is 9.10. The molecule has 0 amide bonds. The third kappa shape index (κ3) is 3.63. The van der Waals surface area contributed by atoms with Gasteiger partial charge in [0.25, 0.3) is 0 Å². The lowest BCUT2D eigenvalue weighted by Crippen LogP contribution is -2.23. The van der Waals surface area contributed by atoms with Crippen LogP contribution in [0.5, 0.6) is 11.5 Å². The fraction of sp³-hybridized carbons (Fsp3) is 0.625. The normalized spacial score (nSPS) is 24.8. The number of rotatable bonds is 4. The van der Waals surface area contributed by atoms with E-state index in [1.165, 1.54) is 12.8 Å². The minimum absolute atomic E-state index is 0.265. The summed E-state index contributed by atoms with van der Waals surface area (Å²) >= 11 is 0. The average molecular weight is 264 g/mol. The van der Waals surface area contributed by atoms with Crippen molar-refractivity contribution in [3.05, 3.63) is 23.8 Å². The molecule has 2 rings (SSSR count). The summed E-state index contributed by atoms with van der Waals surface area (Å²) < 4.78 is 11.3. The van der Waals surface area contributed by atoms with Crippen molar-refractivity contribution < 1.29 is 14.6 Å². The lowest BCUT2D eigenvalue weighted by molar-refractivity contribution is 0.126. The van der Waals surface area contributed by atoms with Gasteiger partial charge in [-0.2, -0.15) is 0 Å². The van der Waals surface area contributed by atoms with E-state index in [-0.39, 0.29) is 6.10 Å². The quantitative estimate of drug-likeness (QED) is 0.901. The van der Waals surface area contributed by atoms with E-state index in [4.69, 9.17) is 9.47 Å². The highest BCUT2D eigenvalue weighted by molar-refractivity contribution is 5.42. The van der Waals surface area contributed by atoms with Crippen molar-refractivity contribution in [3.8, 4) is 11.5 Å². The zero-order valence-corrected chi connectivity index (χ0v) is 12.1. The van der Waals surface area contributed by atoms with Crippen LogP contribution in [0.2, 0.25) is 0 Å². The Morgan fingerprint density at radius 2 is 1.89 bits per heavy atom. The number of hydrogen-bond acceptors (Lipinski definition) is 3. The Hall–Kier alpha value is -1.22. The number of aliphatic hydroxyl groups is 1. The highest BCUT2D eigenvalue weighted by Gasteiger charge is 2.21. The molecule has 1 aliphatic rings. The second kappa shape index (κ2) is 6.29. The molecule has 1 aromatic carbocycles. The number of ether oxygens (including phenoxy) is 2. The largest absolute Gasteiger partial charge is 0.497 e. The van der Waals surface area contributed by atoms with E-state index in [9.17, 15) is 5.11 Å². The summed E-state index contributed by atoms with van der Waals surface area (Å²) in [7, 11) is 1.64. The molecule has 0 saturated heterocycles. The fourth-order valence-corrected chi connectivity index (χ4v) is 2.62. The molecule has 0 radical (unpaired) electrons. The molecule has 1 N–H and O–H groups in total. The molecule has 0 bridgehead atoms. The summed E-state index contributed by atoms with van der Waals surface area (Å²) in [6, 6.07) is 5.61. The van der Waals surface area contributed by atoms with E-state index >= 15 is 0 Å². The van der Waals surface area contributed by atoms with Gasteiger partial charge >= 0.3 is 0 Å². The van der Waals surface area contributed by atoms with E-state index in [1.54, 1.807) is 14.0 Å². The van der Waals surface area contributed by atoms with Crippen LogP contribution >= 0.6 is 0 Å². The zero-order chi connectivity index (χ0) is 13.8. The SMILES string of the molecule is COc1ccc([C@@H](C)O)c(OC2CCC(C)CC2)c1. The smallest absolute Gasteiger partial charge is 0.129 e. The Balaban J connectivity index is 2.13. The highest BCUT2D eigenvalue weighted by Crippen LogP contribution is 2.33. The standard InChI is InChI=1S/C16H24O3/c1-11-4-6-13(7-5-11)19-16-10-14(18-3)8-9-15(16)12(2)17/h8-13,17H,4-7H2,1-3H3/t11?,12-,13?/m1/s1. The number of benzene rings is 1. The molecular formula is C16H24O3. The maximum atomic E-state index is 9.82. The third-order valence-electron chi connectivity index (χ3n) is 3.93. The highest BCUT2D eigenvalue weighted by atomic mass is 16.5. The molecule has 0 unspecified atom stereocenters. The molecule has 1 atom stereocenters. The van der Waals surface area contributed by atoms with Gasteiger partial charge in [0.15, 0.2) is 0 Å². The molecule has 106 valence electrons. The van der Waals surface area contributed by atoms with Gasteiger partial charge in [-0.25, -0.2) is 0 Å². The van der Waals surface area contributed by atoms with Crippen LogP contribution in [-0.2, 0) is 0 Å². The average Bonchev–Trinajstić information content (AvgIpc) is 2.41. The molecule has 0 spiro atoms. The molecule has 0 heterocycles. The van der Waals surface area contributed by atoms with E-state index in [0.717, 1.165) is 35.8 Å². The van der Waals surface area contributed by atoms with Crippen molar-refractivity contribution in [1.29, 1.82) is 0 Å². The van der Waals surface area contributed by atoms with Crippen LogP contribution in [0.3, 0.4) is 0 Å². The minimum atomic E-state index is -0.525. The molecule has 0 aromatic heterocycles. The molecule has 1 fully saturated rings. The van der Waals surface area contributed by atoms with E-state index in [0.29, 0.717) is 0 Å². The number of methoxy groups -OCH3 is 1. The van der Waals surface area contributed by atoms with Crippen molar-refractivity contribution in [1.82, 2.24) is 0 Å². The molecule has 1 aromatic rings. The zero-order valence-electron chi connectivity index (χ0n) is 12.1. The van der Waals surface area contributed by atoms with Gasteiger partial charge < -0.3 is 14.6 Å². The Morgan fingerprint density at radius 1 is 1.21 bits per heavy atom. The maximum absolute atomic E-state index is 9.82. The van der Waals surface area contributed by atoms with E-state index < -0.39 is 6.10 Å².